The summed E-state index contributed by atoms with van der Waals surface area (Å²) >= 11 is 1.25. The molecular weight excluding hydrogens is 406 g/mol. The first-order valence-electron chi connectivity index (χ1n) is 9.89. The molecule has 1 heterocycles. The third-order valence-corrected chi connectivity index (χ3v) is 5.09. The van der Waals surface area contributed by atoms with Crippen LogP contribution in [0.5, 0.6) is 5.75 Å². The standard InChI is InChI=1S/C22H21F2NO2.CH5NS/c1-14-10-11-18(23)20(21(14)24)17-8-4-5-9-19(17)26-12-16-13-27-22(25-16)15-6-2-3-7-15;1-3-2/h4-5,8-11,13,15H,2-3,6-7,12H2,1H3;2H2,1H3. The Kier molecular flexibility index (Phi) is 7.87. The number of nitrogens with zero attached hydrogens (tertiary/aromatic N) is 1. The quantitative estimate of drug-likeness (QED) is 0.474. The van der Waals surface area contributed by atoms with Crippen LogP contribution in [0.3, 0.4) is 0 Å². The Bertz CT molecular complexity index is 972. The van der Waals surface area contributed by atoms with Crippen molar-refractivity contribution in [3.05, 3.63) is 71.4 Å². The molecule has 4 rings (SSSR count). The Labute approximate surface area is 180 Å². The SMILES string of the molecule is CSN.Cc1ccc(F)c(-c2ccccc2OCc2coc(C3CCCC3)n2)c1F. The van der Waals surface area contributed by atoms with Crippen molar-refractivity contribution in [1.82, 2.24) is 4.98 Å². The molecule has 2 aromatic carbocycles. The van der Waals surface area contributed by atoms with E-state index in [-0.39, 0.29) is 12.2 Å². The highest BCUT2D eigenvalue weighted by Gasteiger charge is 2.22. The zero-order chi connectivity index (χ0) is 21.5. The van der Waals surface area contributed by atoms with Gasteiger partial charge < -0.3 is 9.15 Å². The molecule has 0 saturated heterocycles. The van der Waals surface area contributed by atoms with Gasteiger partial charge in [0.25, 0.3) is 0 Å². The summed E-state index contributed by atoms with van der Waals surface area (Å²) in [5.41, 5.74) is 1.38. The summed E-state index contributed by atoms with van der Waals surface area (Å²) < 4.78 is 40.3. The normalized spacial score (nSPS) is 13.8. The Balaban J connectivity index is 0.000000806. The van der Waals surface area contributed by atoms with Crippen molar-refractivity contribution in [2.45, 2.75) is 45.1 Å². The number of hydrogen-bond donors (Lipinski definition) is 1. The summed E-state index contributed by atoms with van der Waals surface area (Å²) in [6.45, 7) is 1.80. The van der Waals surface area contributed by atoms with E-state index >= 15 is 0 Å². The van der Waals surface area contributed by atoms with Crippen LogP contribution in [-0.4, -0.2) is 11.2 Å². The molecule has 30 heavy (non-hydrogen) atoms. The number of hydrogen-bond acceptors (Lipinski definition) is 5. The minimum Gasteiger partial charge on any atom is -0.487 e. The van der Waals surface area contributed by atoms with Gasteiger partial charge in [-0.05, 0) is 43.7 Å². The van der Waals surface area contributed by atoms with E-state index in [9.17, 15) is 8.78 Å². The molecule has 1 aliphatic carbocycles. The van der Waals surface area contributed by atoms with Crippen molar-refractivity contribution < 1.29 is 17.9 Å². The van der Waals surface area contributed by atoms with Crippen LogP contribution in [-0.2, 0) is 6.61 Å². The lowest BCUT2D eigenvalue weighted by Gasteiger charge is -2.13. The first-order valence-corrected chi connectivity index (χ1v) is 11.2. The van der Waals surface area contributed by atoms with Crippen molar-refractivity contribution in [3.8, 4) is 16.9 Å². The van der Waals surface area contributed by atoms with Gasteiger partial charge in [-0.3, -0.25) is 5.14 Å². The number of nitrogens with two attached hydrogens (primary N) is 1. The highest BCUT2D eigenvalue weighted by Crippen LogP contribution is 2.36. The van der Waals surface area contributed by atoms with Crippen LogP contribution in [0.4, 0.5) is 8.78 Å². The van der Waals surface area contributed by atoms with E-state index in [2.05, 4.69) is 4.98 Å². The fourth-order valence-electron chi connectivity index (χ4n) is 3.60. The molecule has 3 aromatic rings. The second-order valence-corrected chi connectivity index (χ2v) is 7.70. The summed E-state index contributed by atoms with van der Waals surface area (Å²) in [6, 6.07) is 9.57. The summed E-state index contributed by atoms with van der Waals surface area (Å²) in [4.78, 5) is 4.52. The van der Waals surface area contributed by atoms with Crippen LogP contribution in [0.15, 0.2) is 47.1 Å². The molecule has 0 atom stereocenters. The number of rotatable bonds is 5. The number of ether oxygens (including phenoxy) is 1. The molecule has 0 radical (unpaired) electrons. The number of oxazole rings is 1. The van der Waals surface area contributed by atoms with Crippen LogP contribution >= 0.6 is 11.9 Å². The van der Waals surface area contributed by atoms with Gasteiger partial charge in [0.15, 0.2) is 5.89 Å². The highest BCUT2D eigenvalue weighted by molar-refractivity contribution is 7.96. The van der Waals surface area contributed by atoms with Gasteiger partial charge in [-0.25, -0.2) is 13.8 Å². The van der Waals surface area contributed by atoms with Crippen LogP contribution < -0.4 is 9.88 Å². The molecule has 2 N–H and O–H groups in total. The average molecular weight is 433 g/mol. The van der Waals surface area contributed by atoms with Gasteiger partial charge in [0.2, 0.25) is 0 Å². The molecule has 1 aliphatic rings. The number of para-hydroxylation sites is 1. The van der Waals surface area contributed by atoms with E-state index in [0.29, 0.717) is 28.5 Å². The minimum absolute atomic E-state index is 0.0719. The lowest BCUT2D eigenvalue weighted by atomic mass is 10.0. The maximum absolute atomic E-state index is 14.5. The fourth-order valence-corrected chi connectivity index (χ4v) is 3.60. The topological polar surface area (TPSA) is 61.3 Å². The third-order valence-electron chi connectivity index (χ3n) is 5.09. The average Bonchev–Trinajstić information content (AvgIpc) is 3.43. The van der Waals surface area contributed by atoms with Crippen molar-refractivity contribution in [1.29, 1.82) is 0 Å². The molecule has 0 amide bonds. The van der Waals surface area contributed by atoms with E-state index in [4.69, 9.17) is 14.3 Å². The van der Waals surface area contributed by atoms with Crippen LogP contribution in [0.2, 0.25) is 0 Å². The predicted octanol–water partition coefficient (Wildman–Crippen LogP) is 6.39. The zero-order valence-corrected chi connectivity index (χ0v) is 18.0. The predicted molar refractivity (Wildman–Crippen MR) is 116 cm³/mol. The molecule has 1 fully saturated rings. The van der Waals surface area contributed by atoms with Crippen LogP contribution in [0, 0.1) is 18.6 Å². The molecule has 0 aliphatic heterocycles. The summed E-state index contributed by atoms with van der Waals surface area (Å²) in [6.07, 6.45) is 8.05. The van der Waals surface area contributed by atoms with Gasteiger partial charge in [-0.1, -0.05) is 49.1 Å². The Hall–Kier alpha value is -2.38. The molecule has 0 spiro atoms. The molecule has 7 heteroatoms. The van der Waals surface area contributed by atoms with E-state index < -0.39 is 11.6 Å². The molecule has 0 bridgehead atoms. The summed E-state index contributed by atoms with van der Waals surface area (Å²) in [5.74, 6) is 0.373. The Morgan fingerprint density at radius 3 is 2.60 bits per heavy atom. The maximum atomic E-state index is 14.5. The Morgan fingerprint density at radius 2 is 1.87 bits per heavy atom. The highest BCUT2D eigenvalue weighted by atomic mass is 32.2. The monoisotopic (exact) mass is 432 g/mol. The summed E-state index contributed by atoms with van der Waals surface area (Å²) in [7, 11) is 0. The van der Waals surface area contributed by atoms with Gasteiger partial charge in [0.1, 0.15) is 35.9 Å². The lowest BCUT2D eigenvalue weighted by Crippen LogP contribution is -2.01. The molecule has 1 saturated carbocycles. The van der Waals surface area contributed by atoms with Crippen LogP contribution in [0.25, 0.3) is 11.1 Å². The molecule has 0 unspecified atom stereocenters. The molecule has 4 nitrogen and oxygen atoms in total. The maximum Gasteiger partial charge on any atom is 0.197 e. The summed E-state index contributed by atoms with van der Waals surface area (Å²) in [5, 5.41) is 4.76. The fraction of sp³-hybridized carbons (Fsp3) is 0.348. The van der Waals surface area contributed by atoms with Gasteiger partial charge in [0.05, 0.1) is 5.56 Å². The largest absolute Gasteiger partial charge is 0.487 e. The van der Waals surface area contributed by atoms with Gasteiger partial charge in [-0.2, -0.15) is 0 Å². The number of aromatic nitrogens is 1. The van der Waals surface area contributed by atoms with Gasteiger partial charge in [0, 0.05) is 11.5 Å². The second kappa shape index (κ2) is 10.6. The third kappa shape index (κ3) is 5.21. The zero-order valence-electron chi connectivity index (χ0n) is 17.2. The smallest absolute Gasteiger partial charge is 0.197 e. The van der Waals surface area contributed by atoms with E-state index in [1.54, 1.807) is 37.5 Å². The molecule has 1 aromatic heterocycles. The van der Waals surface area contributed by atoms with E-state index in [0.717, 1.165) is 18.7 Å². The number of halogens is 2. The number of aryl methyl sites for hydroxylation is 1. The number of benzene rings is 2. The van der Waals surface area contributed by atoms with Gasteiger partial charge >= 0.3 is 0 Å². The minimum atomic E-state index is -0.612. The molecule has 160 valence electrons. The van der Waals surface area contributed by atoms with E-state index in [1.807, 2.05) is 6.26 Å². The van der Waals surface area contributed by atoms with Crippen molar-refractivity contribution in [2.24, 2.45) is 5.14 Å². The first kappa shape index (κ1) is 22.3. The van der Waals surface area contributed by atoms with Crippen molar-refractivity contribution in [2.75, 3.05) is 6.26 Å². The van der Waals surface area contributed by atoms with Gasteiger partial charge in [-0.15, -0.1) is 0 Å². The molecular formula is C23H26F2N2O2S. The second-order valence-electron chi connectivity index (χ2n) is 7.23. The van der Waals surface area contributed by atoms with Crippen LogP contribution in [0.1, 0.15) is 48.7 Å². The first-order chi connectivity index (χ1) is 14.5. The van der Waals surface area contributed by atoms with Crippen molar-refractivity contribution in [3.63, 3.8) is 0 Å². The van der Waals surface area contributed by atoms with Crippen molar-refractivity contribution >= 4 is 11.9 Å². The lowest BCUT2D eigenvalue weighted by molar-refractivity contribution is 0.302. The Morgan fingerprint density at radius 1 is 1.17 bits per heavy atom. The van der Waals surface area contributed by atoms with E-state index in [1.165, 1.54) is 36.9 Å².